The first-order valence-electron chi connectivity index (χ1n) is 8.14. The highest BCUT2D eigenvalue weighted by Gasteiger charge is 2.34. The van der Waals surface area contributed by atoms with Crippen molar-refractivity contribution < 1.29 is 9.13 Å². The minimum atomic E-state index is -0.266. The molecule has 4 heteroatoms. The number of pyridine rings is 1. The van der Waals surface area contributed by atoms with Gasteiger partial charge in [-0.05, 0) is 56.5 Å². The van der Waals surface area contributed by atoms with Crippen molar-refractivity contribution in [3.05, 3.63) is 48.5 Å². The second kappa shape index (κ2) is 6.67. The Morgan fingerprint density at radius 2 is 2.00 bits per heavy atom. The third-order valence-electron chi connectivity index (χ3n) is 4.62. The SMILES string of the molecule is CC1(C)CCN1CCCOc1ccc(-c2ccncc2)c(F)c1. The Balaban J connectivity index is 1.52. The molecule has 1 saturated heterocycles. The van der Waals surface area contributed by atoms with Crippen LogP contribution in [-0.4, -0.2) is 35.1 Å². The van der Waals surface area contributed by atoms with Gasteiger partial charge in [-0.3, -0.25) is 9.88 Å². The molecule has 0 atom stereocenters. The van der Waals surface area contributed by atoms with Crippen molar-refractivity contribution in [1.29, 1.82) is 0 Å². The van der Waals surface area contributed by atoms with Crippen LogP contribution in [-0.2, 0) is 0 Å². The zero-order valence-corrected chi connectivity index (χ0v) is 13.8. The van der Waals surface area contributed by atoms with E-state index in [1.165, 1.54) is 19.0 Å². The highest BCUT2D eigenvalue weighted by molar-refractivity contribution is 5.64. The Kier molecular flexibility index (Phi) is 4.62. The van der Waals surface area contributed by atoms with E-state index >= 15 is 0 Å². The molecule has 0 unspecified atom stereocenters. The maximum Gasteiger partial charge on any atom is 0.134 e. The van der Waals surface area contributed by atoms with Crippen molar-refractivity contribution in [1.82, 2.24) is 9.88 Å². The molecule has 2 heterocycles. The van der Waals surface area contributed by atoms with Crippen LogP contribution < -0.4 is 4.74 Å². The molecular weight excluding hydrogens is 291 g/mol. The molecule has 1 aromatic heterocycles. The summed E-state index contributed by atoms with van der Waals surface area (Å²) < 4.78 is 19.9. The van der Waals surface area contributed by atoms with Crippen LogP contribution in [0.5, 0.6) is 5.75 Å². The van der Waals surface area contributed by atoms with Gasteiger partial charge in [0, 0.05) is 42.7 Å². The van der Waals surface area contributed by atoms with E-state index in [2.05, 4.69) is 23.7 Å². The van der Waals surface area contributed by atoms with Gasteiger partial charge >= 0.3 is 0 Å². The lowest BCUT2D eigenvalue weighted by Crippen LogP contribution is -2.55. The van der Waals surface area contributed by atoms with E-state index in [-0.39, 0.29) is 5.82 Å². The number of benzene rings is 1. The normalized spacial score (nSPS) is 16.8. The summed E-state index contributed by atoms with van der Waals surface area (Å²) in [4.78, 5) is 6.41. The Morgan fingerprint density at radius 1 is 1.22 bits per heavy atom. The van der Waals surface area contributed by atoms with Crippen LogP contribution in [0.1, 0.15) is 26.7 Å². The zero-order chi connectivity index (χ0) is 16.3. The Bertz CT molecular complexity index is 658. The van der Waals surface area contributed by atoms with Gasteiger partial charge in [0.2, 0.25) is 0 Å². The van der Waals surface area contributed by atoms with E-state index in [4.69, 9.17) is 4.74 Å². The molecule has 1 fully saturated rings. The molecule has 122 valence electrons. The molecule has 3 nitrogen and oxygen atoms in total. The Labute approximate surface area is 137 Å². The van der Waals surface area contributed by atoms with E-state index in [9.17, 15) is 4.39 Å². The van der Waals surface area contributed by atoms with E-state index in [1.54, 1.807) is 30.6 Å². The summed E-state index contributed by atoms with van der Waals surface area (Å²) in [6.45, 7) is 7.35. The molecule has 0 saturated carbocycles. The van der Waals surface area contributed by atoms with Gasteiger partial charge in [-0.15, -0.1) is 0 Å². The molecule has 0 spiro atoms. The lowest BCUT2D eigenvalue weighted by Gasteiger charge is -2.48. The topological polar surface area (TPSA) is 25.4 Å². The van der Waals surface area contributed by atoms with E-state index in [0.29, 0.717) is 23.5 Å². The molecule has 2 aromatic rings. The number of nitrogens with zero attached hydrogens (tertiary/aromatic N) is 2. The predicted molar refractivity (Wildman–Crippen MR) is 90.0 cm³/mol. The van der Waals surface area contributed by atoms with Crippen molar-refractivity contribution in [3.63, 3.8) is 0 Å². The molecule has 1 aliphatic heterocycles. The first-order valence-corrected chi connectivity index (χ1v) is 8.14. The number of likely N-dealkylation sites (tertiary alicyclic amines) is 1. The van der Waals surface area contributed by atoms with Crippen molar-refractivity contribution >= 4 is 0 Å². The summed E-state index contributed by atoms with van der Waals surface area (Å²) in [6.07, 6.45) is 5.54. The second-order valence-electron chi connectivity index (χ2n) is 6.63. The van der Waals surface area contributed by atoms with Gasteiger partial charge in [0.25, 0.3) is 0 Å². The summed E-state index contributed by atoms with van der Waals surface area (Å²) >= 11 is 0. The van der Waals surface area contributed by atoms with Gasteiger partial charge in [0.15, 0.2) is 0 Å². The minimum absolute atomic E-state index is 0.266. The van der Waals surface area contributed by atoms with Crippen molar-refractivity contribution in [3.8, 4) is 16.9 Å². The largest absolute Gasteiger partial charge is 0.493 e. The quantitative estimate of drug-likeness (QED) is 0.749. The standard InChI is InChI=1S/C19H23FN2O/c1-19(2)8-12-22(19)11-3-13-23-16-4-5-17(18(20)14-16)15-6-9-21-10-7-15/h4-7,9-10,14H,3,8,11-13H2,1-2H3. The molecule has 1 aliphatic rings. The van der Waals surface area contributed by atoms with E-state index < -0.39 is 0 Å². The van der Waals surface area contributed by atoms with E-state index in [0.717, 1.165) is 18.5 Å². The summed E-state index contributed by atoms with van der Waals surface area (Å²) in [7, 11) is 0. The van der Waals surface area contributed by atoms with Crippen LogP contribution in [0, 0.1) is 5.82 Å². The average molecular weight is 314 g/mol. The minimum Gasteiger partial charge on any atom is -0.493 e. The van der Waals surface area contributed by atoms with Crippen LogP contribution in [0.4, 0.5) is 4.39 Å². The lowest BCUT2D eigenvalue weighted by molar-refractivity contribution is 0.0123. The van der Waals surface area contributed by atoms with Gasteiger partial charge in [0.05, 0.1) is 6.61 Å². The number of hydrogen-bond acceptors (Lipinski definition) is 3. The average Bonchev–Trinajstić information content (AvgIpc) is 2.54. The monoisotopic (exact) mass is 314 g/mol. The molecule has 1 aromatic carbocycles. The predicted octanol–water partition coefficient (Wildman–Crippen LogP) is 4.14. The second-order valence-corrected chi connectivity index (χ2v) is 6.63. The van der Waals surface area contributed by atoms with E-state index in [1.807, 2.05) is 6.07 Å². The molecule has 0 aliphatic carbocycles. The molecule has 23 heavy (non-hydrogen) atoms. The maximum absolute atomic E-state index is 14.2. The fourth-order valence-electron chi connectivity index (χ4n) is 2.93. The molecule has 0 radical (unpaired) electrons. The molecule has 0 N–H and O–H groups in total. The number of halogens is 1. The van der Waals surface area contributed by atoms with Crippen molar-refractivity contribution in [2.75, 3.05) is 19.7 Å². The fraction of sp³-hybridized carbons (Fsp3) is 0.421. The maximum atomic E-state index is 14.2. The number of hydrogen-bond donors (Lipinski definition) is 0. The van der Waals surface area contributed by atoms with Crippen LogP contribution in [0.3, 0.4) is 0 Å². The van der Waals surface area contributed by atoms with Crippen LogP contribution >= 0.6 is 0 Å². The Hall–Kier alpha value is -1.94. The third kappa shape index (κ3) is 3.70. The van der Waals surface area contributed by atoms with Gasteiger partial charge in [-0.25, -0.2) is 4.39 Å². The zero-order valence-electron chi connectivity index (χ0n) is 13.8. The van der Waals surface area contributed by atoms with Crippen LogP contribution in [0.2, 0.25) is 0 Å². The molecular formula is C19H23FN2O. The van der Waals surface area contributed by atoms with Crippen LogP contribution in [0.15, 0.2) is 42.7 Å². The summed E-state index contributed by atoms with van der Waals surface area (Å²) in [6, 6.07) is 8.65. The van der Waals surface area contributed by atoms with Gasteiger partial charge in [0.1, 0.15) is 11.6 Å². The lowest BCUT2D eigenvalue weighted by atomic mass is 9.89. The number of ether oxygens (including phenoxy) is 1. The van der Waals surface area contributed by atoms with Gasteiger partial charge in [-0.1, -0.05) is 0 Å². The van der Waals surface area contributed by atoms with Crippen LogP contribution in [0.25, 0.3) is 11.1 Å². The smallest absolute Gasteiger partial charge is 0.134 e. The molecule has 0 bridgehead atoms. The first-order chi connectivity index (χ1) is 11.1. The summed E-state index contributed by atoms with van der Waals surface area (Å²) in [5, 5.41) is 0. The van der Waals surface area contributed by atoms with Crippen molar-refractivity contribution in [2.24, 2.45) is 0 Å². The summed E-state index contributed by atoms with van der Waals surface area (Å²) in [5.74, 6) is 0.320. The fourth-order valence-corrected chi connectivity index (χ4v) is 2.93. The molecule has 0 amide bonds. The van der Waals surface area contributed by atoms with Gasteiger partial charge < -0.3 is 4.74 Å². The highest BCUT2D eigenvalue weighted by Crippen LogP contribution is 2.29. The summed E-state index contributed by atoms with van der Waals surface area (Å²) in [5.41, 5.74) is 1.73. The number of aromatic nitrogens is 1. The Morgan fingerprint density at radius 3 is 2.61 bits per heavy atom. The van der Waals surface area contributed by atoms with Gasteiger partial charge in [-0.2, -0.15) is 0 Å². The molecule has 3 rings (SSSR count). The number of rotatable bonds is 6. The highest BCUT2D eigenvalue weighted by atomic mass is 19.1. The third-order valence-corrected chi connectivity index (χ3v) is 4.62. The first kappa shape index (κ1) is 15.9. The van der Waals surface area contributed by atoms with Crippen molar-refractivity contribution in [2.45, 2.75) is 32.2 Å².